The second-order valence-electron chi connectivity index (χ2n) is 6.71. The van der Waals surface area contributed by atoms with E-state index in [1.165, 1.54) is 5.56 Å². The molecule has 0 radical (unpaired) electrons. The van der Waals surface area contributed by atoms with Crippen LogP contribution >= 0.6 is 11.6 Å². The number of nitrogens with zero attached hydrogens (tertiary/aromatic N) is 2. The number of sulfonamides is 1. The lowest BCUT2D eigenvalue weighted by Gasteiger charge is -2.45. The molecule has 4 nitrogen and oxygen atoms in total. The Morgan fingerprint density at radius 2 is 1.78 bits per heavy atom. The van der Waals surface area contributed by atoms with E-state index in [9.17, 15) is 8.42 Å². The zero-order valence-electron chi connectivity index (χ0n) is 13.7. The summed E-state index contributed by atoms with van der Waals surface area (Å²) >= 11 is 5.97. The van der Waals surface area contributed by atoms with Crippen LogP contribution in [0.3, 0.4) is 0 Å². The summed E-state index contributed by atoms with van der Waals surface area (Å²) in [7, 11) is -3.10. The average molecular weight is 357 g/mol. The van der Waals surface area contributed by atoms with Gasteiger partial charge in [0.1, 0.15) is 0 Å². The van der Waals surface area contributed by atoms with Crippen LogP contribution in [0.1, 0.15) is 38.2 Å². The Kier molecular flexibility index (Phi) is 5.02. The van der Waals surface area contributed by atoms with Gasteiger partial charge in [0.05, 0.1) is 5.75 Å². The number of benzene rings is 1. The normalized spacial score (nSPS) is 26.9. The van der Waals surface area contributed by atoms with Gasteiger partial charge in [-0.2, -0.15) is 0 Å². The fourth-order valence-electron chi connectivity index (χ4n) is 4.00. The molecule has 0 aromatic heterocycles. The summed E-state index contributed by atoms with van der Waals surface area (Å²) in [6, 6.07) is 7.98. The number of hydrogen-bond acceptors (Lipinski definition) is 3. The highest BCUT2D eigenvalue weighted by molar-refractivity contribution is 7.89. The van der Waals surface area contributed by atoms with Crippen LogP contribution in [0.2, 0.25) is 5.02 Å². The lowest BCUT2D eigenvalue weighted by Crippen LogP contribution is -2.56. The number of likely N-dealkylation sites (tertiary alicyclic amines) is 1. The largest absolute Gasteiger partial charge is 0.292 e. The van der Waals surface area contributed by atoms with Gasteiger partial charge in [-0.3, -0.25) is 4.90 Å². The quantitative estimate of drug-likeness (QED) is 0.832. The Balaban J connectivity index is 1.78. The standard InChI is InChI=1S/C17H25ClN2O2S/c1-2-23(21,22)20-12-4-10-17(14-20)9-3-11-19(17)13-15-5-7-16(18)8-6-15/h5-8H,2-4,9-14H2,1H3/t17-/m0/s1. The Morgan fingerprint density at radius 3 is 2.43 bits per heavy atom. The van der Waals surface area contributed by atoms with Gasteiger partial charge in [0.15, 0.2) is 0 Å². The van der Waals surface area contributed by atoms with Gasteiger partial charge in [0, 0.05) is 30.2 Å². The maximum Gasteiger partial charge on any atom is 0.213 e. The van der Waals surface area contributed by atoms with Crippen molar-refractivity contribution in [3.63, 3.8) is 0 Å². The zero-order valence-corrected chi connectivity index (χ0v) is 15.2. The first-order valence-corrected chi connectivity index (χ1v) is 10.4. The van der Waals surface area contributed by atoms with E-state index in [-0.39, 0.29) is 11.3 Å². The van der Waals surface area contributed by atoms with Crippen molar-refractivity contribution < 1.29 is 8.42 Å². The Hall–Kier alpha value is -0.620. The van der Waals surface area contributed by atoms with Gasteiger partial charge in [0.25, 0.3) is 0 Å². The molecule has 0 N–H and O–H groups in total. The second kappa shape index (κ2) is 6.71. The Morgan fingerprint density at radius 1 is 1.13 bits per heavy atom. The van der Waals surface area contributed by atoms with Crippen LogP contribution in [0, 0.1) is 0 Å². The van der Waals surface area contributed by atoms with E-state index in [2.05, 4.69) is 17.0 Å². The van der Waals surface area contributed by atoms with E-state index in [0.29, 0.717) is 13.1 Å². The van der Waals surface area contributed by atoms with Crippen LogP contribution in [-0.2, 0) is 16.6 Å². The molecule has 128 valence electrons. The molecule has 0 aliphatic carbocycles. The number of halogens is 1. The summed E-state index contributed by atoms with van der Waals surface area (Å²) in [6.45, 7) is 4.97. The molecule has 2 aliphatic rings. The monoisotopic (exact) mass is 356 g/mol. The van der Waals surface area contributed by atoms with Crippen molar-refractivity contribution in [2.45, 2.75) is 44.7 Å². The highest BCUT2D eigenvalue weighted by Gasteiger charge is 2.45. The van der Waals surface area contributed by atoms with Gasteiger partial charge >= 0.3 is 0 Å². The van der Waals surface area contributed by atoms with E-state index < -0.39 is 10.0 Å². The Labute approximate surface area is 144 Å². The highest BCUT2D eigenvalue weighted by Crippen LogP contribution is 2.39. The van der Waals surface area contributed by atoms with Crippen LogP contribution in [0.4, 0.5) is 0 Å². The number of rotatable bonds is 4. The van der Waals surface area contributed by atoms with E-state index >= 15 is 0 Å². The van der Waals surface area contributed by atoms with E-state index in [4.69, 9.17) is 11.6 Å². The molecule has 1 atom stereocenters. The van der Waals surface area contributed by atoms with Crippen molar-refractivity contribution in [1.29, 1.82) is 0 Å². The molecule has 1 spiro atoms. The average Bonchev–Trinajstić information content (AvgIpc) is 2.91. The lowest BCUT2D eigenvalue weighted by molar-refractivity contribution is 0.0680. The smallest absolute Gasteiger partial charge is 0.213 e. The van der Waals surface area contributed by atoms with Gasteiger partial charge in [-0.1, -0.05) is 23.7 Å². The second-order valence-corrected chi connectivity index (χ2v) is 9.41. The number of hydrogen-bond donors (Lipinski definition) is 0. The van der Waals surface area contributed by atoms with Crippen LogP contribution in [-0.4, -0.2) is 48.5 Å². The molecule has 23 heavy (non-hydrogen) atoms. The van der Waals surface area contributed by atoms with E-state index in [0.717, 1.165) is 43.8 Å². The maximum absolute atomic E-state index is 12.3. The van der Waals surface area contributed by atoms with Crippen molar-refractivity contribution >= 4 is 21.6 Å². The molecule has 0 unspecified atom stereocenters. The molecule has 0 amide bonds. The topological polar surface area (TPSA) is 40.6 Å². The molecule has 2 heterocycles. The first kappa shape index (κ1) is 17.2. The number of piperidine rings is 1. The van der Waals surface area contributed by atoms with Crippen LogP contribution in [0.25, 0.3) is 0 Å². The van der Waals surface area contributed by atoms with E-state index in [1.807, 2.05) is 12.1 Å². The molecule has 1 aromatic carbocycles. The van der Waals surface area contributed by atoms with E-state index in [1.54, 1.807) is 11.2 Å². The minimum atomic E-state index is -3.10. The lowest BCUT2D eigenvalue weighted by atomic mass is 9.87. The summed E-state index contributed by atoms with van der Waals surface area (Å²) in [5.41, 5.74) is 1.26. The SMILES string of the molecule is CCS(=O)(=O)N1CCC[C@@]2(CCCN2Cc2ccc(Cl)cc2)C1. The van der Waals surface area contributed by atoms with Crippen LogP contribution < -0.4 is 0 Å². The molecule has 2 fully saturated rings. The van der Waals surface area contributed by atoms with Crippen molar-refractivity contribution in [3.8, 4) is 0 Å². The summed E-state index contributed by atoms with van der Waals surface area (Å²) in [5.74, 6) is 0.195. The molecular formula is C17H25ClN2O2S. The molecular weight excluding hydrogens is 332 g/mol. The van der Waals surface area contributed by atoms with Crippen LogP contribution in [0.15, 0.2) is 24.3 Å². The zero-order chi connectivity index (χ0) is 16.5. The maximum atomic E-state index is 12.3. The third-order valence-electron chi connectivity index (χ3n) is 5.31. The third kappa shape index (κ3) is 3.58. The predicted molar refractivity (Wildman–Crippen MR) is 94.1 cm³/mol. The minimum Gasteiger partial charge on any atom is -0.292 e. The highest BCUT2D eigenvalue weighted by atomic mass is 35.5. The van der Waals surface area contributed by atoms with Gasteiger partial charge < -0.3 is 0 Å². The summed E-state index contributed by atoms with van der Waals surface area (Å²) in [5, 5.41) is 0.753. The van der Waals surface area contributed by atoms with Gasteiger partial charge in [-0.15, -0.1) is 0 Å². The predicted octanol–water partition coefficient (Wildman–Crippen LogP) is 3.12. The summed E-state index contributed by atoms with van der Waals surface area (Å²) < 4.78 is 26.3. The molecule has 1 aromatic rings. The van der Waals surface area contributed by atoms with Crippen molar-refractivity contribution in [3.05, 3.63) is 34.9 Å². The van der Waals surface area contributed by atoms with Crippen molar-refractivity contribution in [2.24, 2.45) is 0 Å². The molecule has 0 saturated carbocycles. The summed E-state index contributed by atoms with van der Waals surface area (Å²) in [4.78, 5) is 2.49. The van der Waals surface area contributed by atoms with Gasteiger partial charge in [-0.05, 0) is 56.8 Å². The third-order valence-corrected chi connectivity index (χ3v) is 7.39. The molecule has 2 saturated heterocycles. The Bertz CT molecular complexity index is 647. The molecule has 3 rings (SSSR count). The first-order valence-electron chi connectivity index (χ1n) is 8.42. The first-order chi connectivity index (χ1) is 11.0. The fourth-order valence-corrected chi connectivity index (χ4v) is 5.34. The fraction of sp³-hybridized carbons (Fsp3) is 0.647. The molecule has 6 heteroatoms. The van der Waals surface area contributed by atoms with Crippen molar-refractivity contribution in [1.82, 2.24) is 9.21 Å². The van der Waals surface area contributed by atoms with Crippen LogP contribution in [0.5, 0.6) is 0 Å². The van der Waals surface area contributed by atoms with Gasteiger partial charge in [0.2, 0.25) is 10.0 Å². The van der Waals surface area contributed by atoms with Crippen molar-refractivity contribution in [2.75, 3.05) is 25.4 Å². The van der Waals surface area contributed by atoms with Gasteiger partial charge in [-0.25, -0.2) is 12.7 Å². The molecule has 2 aliphatic heterocycles. The minimum absolute atomic E-state index is 0.0140. The summed E-state index contributed by atoms with van der Waals surface area (Å²) in [6.07, 6.45) is 4.29. The molecule has 0 bridgehead atoms.